The standard InChI is InChI=1S/C15H15N3O4S/c1-8(14(16)20)4-10-6-18(15(21)22-10)9-2-3-12-11(5-9)17-13(19)7-23-12/h2-3,5,10H,1,4,6-7H2,(H2,16,20)(H,17,19). The van der Waals surface area contributed by atoms with Crippen LogP contribution < -0.4 is 16.0 Å². The van der Waals surface area contributed by atoms with Crippen molar-refractivity contribution in [3.8, 4) is 0 Å². The first kappa shape index (κ1) is 15.4. The highest BCUT2D eigenvalue weighted by atomic mass is 32.2. The Bertz CT molecular complexity index is 719. The van der Waals surface area contributed by atoms with Crippen LogP contribution in [-0.2, 0) is 14.3 Å². The number of amides is 3. The first-order valence-electron chi connectivity index (χ1n) is 6.96. The molecular weight excluding hydrogens is 318 g/mol. The summed E-state index contributed by atoms with van der Waals surface area (Å²) in [6.45, 7) is 3.87. The molecule has 0 spiro atoms. The Balaban J connectivity index is 1.76. The van der Waals surface area contributed by atoms with Gasteiger partial charge in [-0.2, -0.15) is 0 Å². The predicted octanol–water partition coefficient (Wildman–Crippen LogP) is 1.49. The summed E-state index contributed by atoms with van der Waals surface area (Å²) in [5.74, 6) is -0.289. The van der Waals surface area contributed by atoms with Gasteiger partial charge < -0.3 is 15.8 Å². The quantitative estimate of drug-likeness (QED) is 0.813. The Hall–Kier alpha value is -2.48. The second-order valence-electron chi connectivity index (χ2n) is 5.31. The van der Waals surface area contributed by atoms with Gasteiger partial charge in [-0.05, 0) is 18.2 Å². The monoisotopic (exact) mass is 333 g/mol. The van der Waals surface area contributed by atoms with E-state index >= 15 is 0 Å². The van der Waals surface area contributed by atoms with Crippen LogP contribution in [0, 0.1) is 0 Å². The molecule has 3 N–H and O–H groups in total. The SMILES string of the molecule is C=C(CC1CN(c2ccc3c(c2)NC(=O)CS3)C(=O)O1)C(N)=O. The van der Waals surface area contributed by atoms with E-state index in [-0.39, 0.29) is 17.9 Å². The third kappa shape index (κ3) is 3.16. The van der Waals surface area contributed by atoms with Crippen LogP contribution >= 0.6 is 11.8 Å². The van der Waals surface area contributed by atoms with Crippen molar-refractivity contribution in [2.45, 2.75) is 17.4 Å². The second kappa shape index (κ2) is 5.96. The fourth-order valence-corrected chi connectivity index (χ4v) is 3.24. The van der Waals surface area contributed by atoms with Crippen molar-refractivity contribution in [1.29, 1.82) is 0 Å². The van der Waals surface area contributed by atoms with Crippen molar-refractivity contribution in [3.63, 3.8) is 0 Å². The number of anilines is 2. The van der Waals surface area contributed by atoms with E-state index in [9.17, 15) is 14.4 Å². The number of nitrogens with zero attached hydrogens (tertiary/aromatic N) is 1. The van der Waals surface area contributed by atoms with Crippen LogP contribution in [0.1, 0.15) is 6.42 Å². The van der Waals surface area contributed by atoms with Gasteiger partial charge in [0.25, 0.3) is 0 Å². The van der Waals surface area contributed by atoms with E-state index in [4.69, 9.17) is 10.5 Å². The maximum atomic E-state index is 12.0. The smallest absolute Gasteiger partial charge is 0.414 e. The summed E-state index contributed by atoms with van der Waals surface area (Å²) in [4.78, 5) is 37.0. The number of hydrogen-bond donors (Lipinski definition) is 2. The van der Waals surface area contributed by atoms with Gasteiger partial charge in [-0.3, -0.25) is 14.5 Å². The Labute approximate surface area is 136 Å². The molecule has 0 saturated carbocycles. The molecule has 0 aliphatic carbocycles. The summed E-state index contributed by atoms with van der Waals surface area (Å²) in [5, 5.41) is 2.78. The van der Waals surface area contributed by atoms with Gasteiger partial charge in [0.2, 0.25) is 11.8 Å². The minimum atomic E-state index is -0.604. The van der Waals surface area contributed by atoms with Crippen LogP contribution in [0.15, 0.2) is 35.2 Å². The number of thioether (sulfide) groups is 1. The van der Waals surface area contributed by atoms with Gasteiger partial charge in [0.15, 0.2) is 0 Å². The van der Waals surface area contributed by atoms with Crippen molar-refractivity contribution in [2.75, 3.05) is 22.5 Å². The van der Waals surface area contributed by atoms with Crippen molar-refractivity contribution < 1.29 is 19.1 Å². The number of nitrogens with one attached hydrogen (secondary N) is 1. The maximum Gasteiger partial charge on any atom is 0.414 e. The zero-order valence-corrected chi connectivity index (χ0v) is 13.0. The highest BCUT2D eigenvalue weighted by Crippen LogP contribution is 2.35. The van der Waals surface area contributed by atoms with Crippen molar-refractivity contribution in [1.82, 2.24) is 0 Å². The molecular formula is C15H15N3O4S. The fourth-order valence-electron chi connectivity index (χ4n) is 2.45. The summed E-state index contributed by atoms with van der Waals surface area (Å²) in [5.41, 5.74) is 6.68. The van der Waals surface area contributed by atoms with Gasteiger partial charge in [0.1, 0.15) is 6.10 Å². The lowest BCUT2D eigenvalue weighted by Gasteiger charge is -2.19. The van der Waals surface area contributed by atoms with Crippen molar-refractivity contribution in [2.24, 2.45) is 5.73 Å². The lowest BCUT2D eigenvalue weighted by atomic mass is 10.1. The molecule has 1 unspecified atom stereocenters. The maximum absolute atomic E-state index is 12.0. The van der Waals surface area contributed by atoms with Gasteiger partial charge >= 0.3 is 6.09 Å². The Morgan fingerprint density at radius 2 is 2.26 bits per heavy atom. The van der Waals surface area contributed by atoms with E-state index in [1.165, 1.54) is 16.7 Å². The highest BCUT2D eigenvalue weighted by molar-refractivity contribution is 8.00. The molecule has 2 aliphatic heterocycles. The van der Waals surface area contributed by atoms with Gasteiger partial charge in [-0.25, -0.2) is 4.79 Å². The summed E-state index contributed by atoms with van der Waals surface area (Å²) >= 11 is 1.45. The first-order chi connectivity index (χ1) is 10.9. The minimum Gasteiger partial charge on any atom is -0.444 e. The number of benzene rings is 1. The van der Waals surface area contributed by atoms with Gasteiger partial charge in [-0.1, -0.05) is 6.58 Å². The zero-order chi connectivity index (χ0) is 16.6. The number of rotatable bonds is 4. The lowest BCUT2D eigenvalue weighted by Crippen LogP contribution is -2.26. The molecule has 1 saturated heterocycles. The molecule has 1 atom stereocenters. The molecule has 7 nitrogen and oxygen atoms in total. The number of carbonyl (C=O) groups is 3. The largest absolute Gasteiger partial charge is 0.444 e. The van der Waals surface area contributed by atoms with E-state index in [0.29, 0.717) is 23.7 Å². The van der Waals surface area contributed by atoms with Crippen LogP contribution in [0.2, 0.25) is 0 Å². The number of cyclic esters (lactones) is 1. The number of hydrogen-bond acceptors (Lipinski definition) is 5. The van der Waals surface area contributed by atoms with Gasteiger partial charge in [0.05, 0.1) is 18.0 Å². The zero-order valence-electron chi connectivity index (χ0n) is 12.2. The van der Waals surface area contributed by atoms with E-state index in [1.54, 1.807) is 12.1 Å². The third-order valence-electron chi connectivity index (χ3n) is 3.60. The Morgan fingerprint density at radius 1 is 1.48 bits per heavy atom. The third-order valence-corrected chi connectivity index (χ3v) is 4.68. The predicted molar refractivity (Wildman–Crippen MR) is 86.4 cm³/mol. The average Bonchev–Trinajstić information content (AvgIpc) is 2.86. The van der Waals surface area contributed by atoms with Crippen LogP contribution in [0.3, 0.4) is 0 Å². The molecule has 23 heavy (non-hydrogen) atoms. The van der Waals surface area contributed by atoms with Crippen LogP contribution in [0.4, 0.5) is 16.2 Å². The van der Waals surface area contributed by atoms with Crippen LogP contribution in [0.5, 0.6) is 0 Å². The number of primary amides is 1. The van der Waals surface area contributed by atoms with Gasteiger partial charge in [0, 0.05) is 22.6 Å². The van der Waals surface area contributed by atoms with E-state index in [0.717, 1.165) is 4.90 Å². The van der Waals surface area contributed by atoms with Gasteiger partial charge in [-0.15, -0.1) is 11.8 Å². The summed E-state index contributed by atoms with van der Waals surface area (Å²) < 4.78 is 5.24. The Kier molecular flexibility index (Phi) is 3.99. The second-order valence-corrected chi connectivity index (χ2v) is 6.32. The van der Waals surface area contributed by atoms with E-state index < -0.39 is 18.1 Å². The van der Waals surface area contributed by atoms with Crippen molar-refractivity contribution in [3.05, 3.63) is 30.4 Å². The fraction of sp³-hybridized carbons (Fsp3) is 0.267. The summed E-state index contributed by atoms with van der Waals surface area (Å²) in [7, 11) is 0. The number of carbonyl (C=O) groups excluding carboxylic acids is 3. The van der Waals surface area contributed by atoms with Crippen LogP contribution in [0.25, 0.3) is 0 Å². The molecule has 1 aromatic carbocycles. The molecule has 0 bridgehead atoms. The topological polar surface area (TPSA) is 102 Å². The molecule has 2 heterocycles. The lowest BCUT2D eigenvalue weighted by molar-refractivity contribution is -0.115. The molecule has 2 aliphatic rings. The molecule has 1 aromatic rings. The number of nitrogens with two attached hydrogens (primary N) is 1. The van der Waals surface area contributed by atoms with Crippen LogP contribution in [-0.4, -0.2) is 36.3 Å². The molecule has 8 heteroatoms. The first-order valence-corrected chi connectivity index (χ1v) is 7.95. The van der Waals surface area contributed by atoms with Crippen molar-refractivity contribution >= 4 is 41.0 Å². The molecule has 0 aromatic heterocycles. The molecule has 1 fully saturated rings. The van der Waals surface area contributed by atoms with E-state index in [1.807, 2.05) is 6.07 Å². The molecule has 0 radical (unpaired) electrons. The average molecular weight is 333 g/mol. The molecule has 3 amide bonds. The number of fused-ring (bicyclic) bond motifs is 1. The number of ether oxygens (including phenoxy) is 1. The Morgan fingerprint density at radius 3 is 3.00 bits per heavy atom. The summed E-state index contributed by atoms with van der Waals surface area (Å²) in [6.07, 6.45) is -0.765. The highest BCUT2D eigenvalue weighted by Gasteiger charge is 2.33. The summed E-state index contributed by atoms with van der Waals surface area (Å²) in [6, 6.07) is 5.40. The molecule has 3 rings (SSSR count). The molecule has 120 valence electrons. The van der Waals surface area contributed by atoms with E-state index in [2.05, 4.69) is 11.9 Å². The minimum absolute atomic E-state index is 0.0701. The normalized spacial score (nSPS) is 19.8.